The molecule has 0 spiro atoms. The van der Waals surface area contributed by atoms with E-state index in [4.69, 9.17) is 5.73 Å². The molecule has 0 saturated heterocycles. The van der Waals surface area contributed by atoms with Crippen LogP contribution in [0.2, 0.25) is 0 Å². The molecule has 0 bridgehead atoms. The van der Waals surface area contributed by atoms with Gasteiger partial charge >= 0.3 is 0 Å². The number of nitrogen functional groups attached to an aromatic ring is 1. The zero-order valence-electron chi connectivity index (χ0n) is 10.00. The predicted octanol–water partition coefficient (Wildman–Crippen LogP) is 3.59. The standard InChI is InChI=1S/C13H18F2N2/c1-2-7-17(10-4-5-10)12-6-3-9(16)8-11(12)13(14)15/h3,6,8,10,13H,2,4-5,7,16H2,1H3. The predicted molar refractivity (Wildman–Crippen MR) is 66.5 cm³/mol. The van der Waals surface area contributed by atoms with Crippen molar-refractivity contribution in [1.82, 2.24) is 0 Å². The van der Waals surface area contributed by atoms with Gasteiger partial charge in [-0.05, 0) is 37.5 Å². The highest BCUT2D eigenvalue weighted by Gasteiger charge is 2.31. The lowest BCUT2D eigenvalue weighted by atomic mass is 10.1. The highest BCUT2D eigenvalue weighted by atomic mass is 19.3. The molecular formula is C13H18F2N2. The molecule has 1 aromatic rings. The molecule has 1 saturated carbocycles. The first kappa shape index (κ1) is 12.1. The number of anilines is 2. The third-order valence-corrected chi connectivity index (χ3v) is 3.05. The minimum Gasteiger partial charge on any atom is -0.399 e. The van der Waals surface area contributed by atoms with Gasteiger partial charge in [-0.3, -0.25) is 0 Å². The minimum absolute atomic E-state index is 0.0605. The van der Waals surface area contributed by atoms with E-state index >= 15 is 0 Å². The number of benzene rings is 1. The second-order valence-electron chi connectivity index (χ2n) is 4.54. The molecular weight excluding hydrogens is 222 g/mol. The molecule has 0 aromatic heterocycles. The Bertz CT molecular complexity index is 389. The number of nitrogens with two attached hydrogens (primary N) is 1. The van der Waals surface area contributed by atoms with Crippen molar-refractivity contribution in [1.29, 1.82) is 0 Å². The van der Waals surface area contributed by atoms with Crippen molar-refractivity contribution >= 4 is 11.4 Å². The van der Waals surface area contributed by atoms with Crippen molar-refractivity contribution in [3.63, 3.8) is 0 Å². The number of nitrogens with zero attached hydrogens (tertiary/aromatic N) is 1. The van der Waals surface area contributed by atoms with Crippen LogP contribution in [0.4, 0.5) is 20.2 Å². The quantitative estimate of drug-likeness (QED) is 0.797. The number of alkyl halides is 2. The fourth-order valence-corrected chi connectivity index (χ4v) is 2.14. The molecule has 0 radical (unpaired) electrons. The van der Waals surface area contributed by atoms with Gasteiger partial charge in [0.25, 0.3) is 6.43 Å². The molecule has 0 aliphatic heterocycles. The van der Waals surface area contributed by atoms with E-state index in [1.54, 1.807) is 12.1 Å². The Morgan fingerprint density at radius 3 is 2.65 bits per heavy atom. The summed E-state index contributed by atoms with van der Waals surface area (Å²) in [7, 11) is 0. The summed E-state index contributed by atoms with van der Waals surface area (Å²) >= 11 is 0. The first-order chi connectivity index (χ1) is 8.13. The molecule has 2 nitrogen and oxygen atoms in total. The summed E-state index contributed by atoms with van der Waals surface area (Å²) in [6.45, 7) is 2.89. The highest BCUT2D eigenvalue weighted by molar-refractivity contribution is 5.61. The van der Waals surface area contributed by atoms with Gasteiger partial charge < -0.3 is 10.6 Å². The molecule has 1 aliphatic rings. The van der Waals surface area contributed by atoms with Gasteiger partial charge in [-0.2, -0.15) is 0 Å². The lowest BCUT2D eigenvalue weighted by molar-refractivity contribution is 0.152. The fraction of sp³-hybridized carbons (Fsp3) is 0.538. The Balaban J connectivity index is 2.34. The van der Waals surface area contributed by atoms with Gasteiger partial charge in [0, 0.05) is 29.5 Å². The lowest BCUT2D eigenvalue weighted by Crippen LogP contribution is -2.27. The summed E-state index contributed by atoms with van der Waals surface area (Å²) in [6, 6.07) is 5.26. The molecule has 0 unspecified atom stereocenters. The van der Waals surface area contributed by atoms with Gasteiger partial charge in [0.2, 0.25) is 0 Å². The minimum atomic E-state index is -2.47. The van der Waals surface area contributed by atoms with Crippen LogP contribution in [-0.4, -0.2) is 12.6 Å². The molecule has 2 rings (SSSR count). The van der Waals surface area contributed by atoms with Crippen molar-refractivity contribution in [3.8, 4) is 0 Å². The van der Waals surface area contributed by atoms with Crippen LogP contribution in [0.25, 0.3) is 0 Å². The smallest absolute Gasteiger partial charge is 0.265 e. The van der Waals surface area contributed by atoms with E-state index in [1.165, 1.54) is 6.07 Å². The summed E-state index contributed by atoms with van der Waals surface area (Å²) in [5.74, 6) is 0. The molecule has 17 heavy (non-hydrogen) atoms. The van der Waals surface area contributed by atoms with E-state index in [0.717, 1.165) is 25.8 Å². The summed E-state index contributed by atoms with van der Waals surface area (Å²) < 4.78 is 26.0. The third kappa shape index (κ3) is 2.68. The van der Waals surface area contributed by atoms with Crippen LogP contribution in [-0.2, 0) is 0 Å². The number of halogens is 2. The molecule has 94 valence electrons. The van der Waals surface area contributed by atoms with Crippen LogP contribution >= 0.6 is 0 Å². The van der Waals surface area contributed by atoms with Crippen molar-refractivity contribution in [2.45, 2.75) is 38.7 Å². The van der Waals surface area contributed by atoms with Gasteiger partial charge in [-0.15, -0.1) is 0 Å². The highest BCUT2D eigenvalue weighted by Crippen LogP contribution is 2.38. The second kappa shape index (κ2) is 4.90. The SMILES string of the molecule is CCCN(c1ccc(N)cc1C(F)F)C1CC1. The van der Waals surface area contributed by atoms with Gasteiger partial charge in [-0.25, -0.2) is 8.78 Å². The molecule has 0 atom stereocenters. The normalized spacial score (nSPS) is 15.3. The molecule has 0 heterocycles. The zero-order chi connectivity index (χ0) is 12.4. The summed E-state index contributed by atoms with van der Waals surface area (Å²) in [6.07, 6.45) is 0.704. The van der Waals surface area contributed by atoms with Crippen molar-refractivity contribution < 1.29 is 8.78 Å². The first-order valence-corrected chi connectivity index (χ1v) is 6.07. The molecule has 1 aliphatic carbocycles. The second-order valence-corrected chi connectivity index (χ2v) is 4.54. The maximum Gasteiger partial charge on any atom is 0.265 e. The molecule has 0 amide bonds. The first-order valence-electron chi connectivity index (χ1n) is 6.07. The molecule has 2 N–H and O–H groups in total. The van der Waals surface area contributed by atoms with Crippen LogP contribution in [0.1, 0.15) is 38.2 Å². The maximum atomic E-state index is 13.0. The topological polar surface area (TPSA) is 29.3 Å². The molecule has 4 heteroatoms. The third-order valence-electron chi connectivity index (χ3n) is 3.05. The number of hydrogen-bond acceptors (Lipinski definition) is 2. The van der Waals surface area contributed by atoms with Crippen molar-refractivity contribution in [2.75, 3.05) is 17.2 Å². The average molecular weight is 240 g/mol. The fourth-order valence-electron chi connectivity index (χ4n) is 2.14. The van der Waals surface area contributed by atoms with E-state index < -0.39 is 6.43 Å². The van der Waals surface area contributed by atoms with Crippen LogP contribution in [0.15, 0.2) is 18.2 Å². The molecule has 1 aromatic carbocycles. The number of hydrogen-bond donors (Lipinski definition) is 1. The van der Waals surface area contributed by atoms with Crippen molar-refractivity contribution in [3.05, 3.63) is 23.8 Å². The lowest BCUT2D eigenvalue weighted by Gasteiger charge is -2.26. The van der Waals surface area contributed by atoms with Gasteiger partial charge in [-0.1, -0.05) is 6.92 Å². The number of rotatable bonds is 5. The average Bonchev–Trinajstić information content (AvgIpc) is 3.10. The van der Waals surface area contributed by atoms with Gasteiger partial charge in [0.15, 0.2) is 0 Å². The monoisotopic (exact) mass is 240 g/mol. The Kier molecular flexibility index (Phi) is 3.50. The molecule has 1 fully saturated rings. The van der Waals surface area contributed by atoms with E-state index in [0.29, 0.717) is 17.4 Å². The Morgan fingerprint density at radius 2 is 2.12 bits per heavy atom. The van der Waals surface area contributed by atoms with Crippen molar-refractivity contribution in [2.24, 2.45) is 0 Å². The van der Waals surface area contributed by atoms with Crippen LogP contribution in [0.3, 0.4) is 0 Å². The van der Waals surface area contributed by atoms with E-state index in [2.05, 4.69) is 11.8 Å². The Morgan fingerprint density at radius 1 is 1.41 bits per heavy atom. The Labute approximate surface area is 100 Å². The van der Waals surface area contributed by atoms with E-state index in [-0.39, 0.29) is 5.56 Å². The van der Waals surface area contributed by atoms with Gasteiger partial charge in [0.1, 0.15) is 0 Å². The van der Waals surface area contributed by atoms with Crippen LogP contribution < -0.4 is 10.6 Å². The van der Waals surface area contributed by atoms with Crippen LogP contribution in [0, 0.1) is 0 Å². The zero-order valence-corrected chi connectivity index (χ0v) is 10.00. The summed E-state index contributed by atoms with van der Waals surface area (Å²) in [5, 5.41) is 0. The largest absolute Gasteiger partial charge is 0.399 e. The Hall–Kier alpha value is -1.32. The van der Waals surface area contributed by atoms with Gasteiger partial charge in [0.05, 0.1) is 0 Å². The summed E-state index contributed by atoms with van der Waals surface area (Å²) in [5.41, 5.74) is 6.69. The summed E-state index contributed by atoms with van der Waals surface area (Å²) in [4.78, 5) is 2.10. The van der Waals surface area contributed by atoms with E-state index in [1.807, 2.05) is 0 Å². The maximum absolute atomic E-state index is 13.0. The van der Waals surface area contributed by atoms with Crippen LogP contribution in [0.5, 0.6) is 0 Å². The van der Waals surface area contributed by atoms with E-state index in [9.17, 15) is 8.78 Å².